The van der Waals surface area contributed by atoms with E-state index < -0.39 is 420 Å². The van der Waals surface area contributed by atoms with Gasteiger partial charge in [-0.25, -0.2) is 4.79 Å². The highest BCUT2D eigenvalue weighted by molar-refractivity contribution is 5.77. The normalized spacial score (nSPS) is 46.7. The van der Waals surface area contributed by atoms with Gasteiger partial charge in [0.15, 0.2) is 56.6 Å². The monoisotopic (exact) mass is 1960 g/mol. The minimum Gasteiger partial charge on any atom is -0.477 e. The molecule has 0 aromatic heterocycles. The molecule has 10 heterocycles. The summed E-state index contributed by atoms with van der Waals surface area (Å²) in [6.07, 6.45) is -95.1. The van der Waals surface area contributed by atoms with E-state index in [-0.39, 0.29) is 0 Å². The van der Waals surface area contributed by atoms with Crippen LogP contribution in [-0.4, -0.2) is 551 Å². The molecule has 772 valence electrons. The molecule has 1 unspecified atom stereocenters. The second-order valence-corrected chi connectivity index (χ2v) is 33.9. The van der Waals surface area contributed by atoms with Crippen LogP contribution in [0.4, 0.5) is 0 Å². The number of nitrogens with one attached hydrogen (secondary N) is 6. The third-order valence-electron chi connectivity index (χ3n) is 24.2. The van der Waals surface area contributed by atoms with Crippen molar-refractivity contribution in [2.45, 2.75) is 367 Å². The minimum absolute atomic E-state index is 0.855. The lowest BCUT2D eigenvalue weighted by atomic mass is 9.88. The Morgan fingerprint density at radius 2 is 0.664 bits per heavy atom. The van der Waals surface area contributed by atoms with Crippen LogP contribution in [0.1, 0.15) is 54.9 Å². The highest BCUT2D eigenvalue weighted by Gasteiger charge is 2.63. The van der Waals surface area contributed by atoms with E-state index in [1.807, 2.05) is 0 Å². The van der Waals surface area contributed by atoms with Gasteiger partial charge in [0.2, 0.25) is 35.4 Å². The van der Waals surface area contributed by atoms with Gasteiger partial charge in [0.1, 0.15) is 232 Å². The molecular formula is C75H124N6O53. The van der Waals surface area contributed by atoms with E-state index in [0.717, 1.165) is 41.5 Å². The molecule has 59 heteroatoms. The first kappa shape index (κ1) is 110. The molecule has 134 heavy (non-hydrogen) atoms. The van der Waals surface area contributed by atoms with Gasteiger partial charge in [0, 0.05) is 48.0 Å². The maximum Gasteiger partial charge on any atom is 0.364 e. The van der Waals surface area contributed by atoms with Crippen molar-refractivity contribution in [2.24, 2.45) is 0 Å². The van der Waals surface area contributed by atoms with E-state index in [0.29, 0.717) is 0 Å². The Balaban J connectivity index is 0.974. The minimum atomic E-state index is -3.12. The first-order chi connectivity index (χ1) is 63.1. The van der Waals surface area contributed by atoms with Crippen molar-refractivity contribution in [1.29, 1.82) is 0 Å². The van der Waals surface area contributed by atoms with E-state index in [1.54, 1.807) is 0 Å². The number of carboxylic acids is 1. The van der Waals surface area contributed by atoms with Gasteiger partial charge < -0.3 is 260 Å². The van der Waals surface area contributed by atoms with Crippen molar-refractivity contribution in [3.8, 4) is 0 Å². The van der Waals surface area contributed by atoms with Gasteiger partial charge in [0.05, 0.1) is 77.7 Å². The van der Waals surface area contributed by atoms with Crippen LogP contribution in [0, 0.1) is 0 Å². The number of ether oxygens (including phenoxy) is 19. The zero-order valence-corrected chi connectivity index (χ0v) is 72.6. The first-order valence-corrected chi connectivity index (χ1v) is 42.6. The van der Waals surface area contributed by atoms with Crippen LogP contribution in [0.2, 0.25) is 0 Å². The van der Waals surface area contributed by atoms with Gasteiger partial charge in [-0.15, -0.1) is 0 Å². The average Bonchev–Trinajstić information content (AvgIpc) is 0.761. The van der Waals surface area contributed by atoms with E-state index in [1.165, 1.54) is 6.92 Å². The Kier molecular flexibility index (Phi) is 39.4. The van der Waals surface area contributed by atoms with Gasteiger partial charge in [-0.1, -0.05) is 0 Å². The second kappa shape index (κ2) is 47.8. The fourth-order valence-corrected chi connectivity index (χ4v) is 17.2. The largest absolute Gasteiger partial charge is 0.477 e. The van der Waals surface area contributed by atoms with Gasteiger partial charge in [-0.2, -0.15) is 0 Å². The number of aliphatic hydroxyl groups is 26. The molecule has 6 amide bonds. The summed E-state index contributed by atoms with van der Waals surface area (Å²) < 4.78 is 114. The van der Waals surface area contributed by atoms with Crippen LogP contribution in [0.15, 0.2) is 0 Å². The number of carboxylic acid groups (broad SMARTS) is 1. The Morgan fingerprint density at radius 3 is 1.12 bits per heavy atom. The molecule has 0 spiro atoms. The van der Waals surface area contributed by atoms with Gasteiger partial charge in [-0.05, 0) is 6.92 Å². The molecule has 33 N–H and O–H groups in total. The number of aliphatic carboxylic acids is 1. The van der Waals surface area contributed by atoms with E-state index in [9.17, 15) is 171 Å². The molecule has 0 aliphatic carbocycles. The summed E-state index contributed by atoms with van der Waals surface area (Å²) >= 11 is 0. The lowest BCUT2D eigenvalue weighted by molar-refractivity contribution is -0.398. The van der Waals surface area contributed by atoms with Crippen LogP contribution >= 0.6 is 0 Å². The van der Waals surface area contributed by atoms with Gasteiger partial charge >= 0.3 is 5.97 Å². The molecule has 10 rings (SSSR count). The summed E-state index contributed by atoms with van der Waals surface area (Å²) in [7, 11) is 0. The van der Waals surface area contributed by atoms with Gasteiger partial charge in [-0.3, -0.25) is 28.8 Å². The number of hydrogen-bond acceptors (Lipinski definition) is 52. The molecular weight excluding hydrogens is 1830 g/mol. The predicted octanol–water partition coefficient (Wildman–Crippen LogP) is -21.7. The summed E-state index contributed by atoms with van der Waals surface area (Å²) in [4.78, 5) is 89.9. The highest BCUT2D eigenvalue weighted by Crippen LogP contribution is 2.42. The Labute approximate surface area is 759 Å². The molecule has 10 aliphatic rings. The SMILES string of the molecule is CC(=O)N[C@H]1[C@H](O[C@H]2[C@H](O)[C@@H](NC(C)=O)C(O)O[C@@H]2CO[C@@H]2O[C@@H](C)[C@@H](O)[C@@H](O)[C@@H]2O)O[C@H](CO)[C@@H](O[C@@H]2O[C@H](CO[C@H]3O[C@H](CO)[C@@H](O)[C@H](O)[C@@H]3O[C@@H]3O[C@H](CO)[C@@H](O)[C@H](O)[C@H]3NC(C)=O)[C@@H](O)[C@H](O[C@H]3O[C@H](CO)[C@@H](O)[C@H](O)[C@@H]3O[C@@H]3O[C@H](CO)[C@@H](O[C@@H]4O[C@H](CO[C@]5(C(=O)O)C[C@H](O)[C@@H](NC(C)=O)[C@H]([C@H](O)[C@H](O)CO)O5)[C@H](O)[C@H](O)[C@H]4NC(C)=O)[C@H](O)[C@H]3NC(C)=O)[C@@H]2O)[C@@H]1O. The van der Waals surface area contributed by atoms with Crippen molar-refractivity contribution in [3.05, 3.63) is 0 Å². The first-order valence-electron chi connectivity index (χ1n) is 42.6. The van der Waals surface area contributed by atoms with Crippen molar-refractivity contribution in [2.75, 3.05) is 59.5 Å². The lowest BCUT2D eigenvalue weighted by Crippen LogP contribution is -2.71. The smallest absolute Gasteiger partial charge is 0.364 e. The number of rotatable bonds is 36. The van der Waals surface area contributed by atoms with Crippen LogP contribution in [-0.2, 0) is 124 Å². The fraction of sp³-hybridized carbons (Fsp3) is 0.907. The third kappa shape index (κ3) is 25.0. The lowest BCUT2D eigenvalue weighted by Gasteiger charge is -2.51. The van der Waals surface area contributed by atoms with Gasteiger partial charge in [0.25, 0.3) is 5.79 Å². The Bertz CT molecular complexity index is 3800. The number of hydrogen-bond donors (Lipinski definition) is 33. The summed E-state index contributed by atoms with van der Waals surface area (Å²) in [5.74, 6) is -10.8. The van der Waals surface area contributed by atoms with Crippen LogP contribution < -0.4 is 31.9 Å². The standard InChI is InChI=1S/C75H124N6O53/c1-18-41(96)53(108)56(111)70(119-18)116-16-34-60(50(105)36(65(113)120-34)77-20(3)89)129-68-39(80-23(6)92)52(107)59(31(14-87)124-68)130-71-57(112)62(47(102)32(127-71)15-117-72-63(54(109)44(99)28(11-84)122-72)132-66-37(78-21(4)90)48(103)43(98)27(10-83)121-66)131-73-64(55(110)45(100)29(12-85)123-73)133-69-40(81-24(7)93)51(106)58(30(13-86)125-69)128-67-38(79-22(5)91)49(104)46(101)33(126-67)17-118-75(74(114)115)8-25(94)35(76-19(2)88)61(134-75)42(97)26(95)9-82/h18,25-73,82-87,94-113H,8-17H2,1-7H3,(H,76,88)(H,77,89)(H,78,90)(H,79,91)(H,80,92)(H,81,93)(H,114,115)/t18-,25-,26+,27+,28+,29+,30+,31+,32+,33+,34+,35+,36+,37+,38+,39+,40+,41+,42+,43+,44+,45+,46-,47+,48+,49+,50+,51+,52+,53+,54-,55-,56-,57-,58+,59+,60+,61+,62-,63-,64-,65?,66-,67-,68-,69-,70+,71-,72-,73+,75+/m0/s1. The van der Waals surface area contributed by atoms with Crippen molar-refractivity contribution in [1.82, 2.24) is 31.9 Å². The quantitative estimate of drug-likeness (QED) is 0.0277. The Morgan fingerprint density at radius 1 is 0.321 bits per heavy atom. The van der Waals surface area contributed by atoms with Crippen molar-refractivity contribution >= 4 is 41.4 Å². The van der Waals surface area contributed by atoms with E-state index in [4.69, 9.17) is 90.0 Å². The Hall–Kier alpha value is -5.51. The summed E-state index contributed by atoms with van der Waals surface area (Å²) in [5.41, 5.74) is 0. The zero-order valence-electron chi connectivity index (χ0n) is 72.6. The van der Waals surface area contributed by atoms with Crippen molar-refractivity contribution in [3.63, 3.8) is 0 Å². The maximum atomic E-state index is 13.4. The average molecular weight is 1960 g/mol. The molecule has 10 saturated heterocycles. The summed E-state index contributed by atoms with van der Waals surface area (Å²) in [5, 5.41) is 318. The van der Waals surface area contributed by atoms with Crippen LogP contribution in [0.25, 0.3) is 0 Å². The highest BCUT2D eigenvalue weighted by atomic mass is 16.8. The number of aliphatic hydroxyl groups excluding tert-OH is 26. The van der Waals surface area contributed by atoms with Crippen LogP contribution in [0.3, 0.4) is 0 Å². The maximum absolute atomic E-state index is 13.4. The molecule has 10 fully saturated rings. The number of carbonyl (C=O) groups excluding carboxylic acids is 6. The number of carbonyl (C=O) groups is 7. The molecule has 0 aromatic carbocycles. The zero-order chi connectivity index (χ0) is 99.2. The molecule has 0 aromatic rings. The fourth-order valence-electron chi connectivity index (χ4n) is 17.2. The topological polar surface area (TPSA) is 913 Å². The second-order valence-electron chi connectivity index (χ2n) is 33.9. The molecule has 51 atom stereocenters. The van der Waals surface area contributed by atoms with E-state index in [2.05, 4.69) is 31.9 Å². The molecule has 10 aliphatic heterocycles. The molecule has 59 nitrogen and oxygen atoms in total. The predicted molar refractivity (Wildman–Crippen MR) is 415 cm³/mol. The molecule has 0 bridgehead atoms. The third-order valence-corrected chi connectivity index (χ3v) is 24.2. The molecule has 0 saturated carbocycles. The van der Waals surface area contributed by atoms with Crippen molar-refractivity contribution < 1.29 is 261 Å². The van der Waals surface area contributed by atoms with Crippen LogP contribution in [0.5, 0.6) is 0 Å². The van der Waals surface area contributed by atoms with E-state index >= 15 is 0 Å². The summed E-state index contributed by atoms with van der Waals surface area (Å²) in [6.45, 7) is -3.60. The number of amides is 6. The summed E-state index contributed by atoms with van der Waals surface area (Å²) in [6, 6.07) is -11.4. The molecule has 0 radical (unpaired) electrons.